The lowest BCUT2D eigenvalue weighted by molar-refractivity contribution is 0.413. The van der Waals surface area contributed by atoms with Gasteiger partial charge in [0, 0.05) is 0 Å². The topological polar surface area (TPSA) is 18.5 Å². The molecule has 0 aliphatic rings. The molecule has 0 aromatic heterocycles. The fraction of sp³-hybridized carbons (Fsp3) is 0.0769. The summed E-state index contributed by atoms with van der Waals surface area (Å²) in [4.78, 5) is 0. The van der Waals surface area contributed by atoms with Crippen LogP contribution < -0.4 is 9.47 Å². The van der Waals surface area contributed by atoms with E-state index in [1.165, 1.54) is 12.1 Å². The van der Waals surface area contributed by atoms with Crippen LogP contribution in [0.25, 0.3) is 0 Å². The van der Waals surface area contributed by atoms with Gasteiger partial charge in [-0.25, -0.2) is 4.39 Å². The first kappa shape index (κ1) is 13.2. The summed E-state index contributed by atoms with van der Waals surface area (Å²) in [6.45, 7) is 0. The third kappa shape index (κ3) is 2.94. The van der Waals surface area contributed by atoms with Gasteiger partial charge in [-0.3, -0.25) is 0 Å². The first-order chi connectivity index (χ1) is 8.60. The van der Waals surface area contributed by atoms with Crippen molar-refractivity contribution < 1.29 is 13.9 Å². The van der Waals surface area contributed by atoms with E-state index in [1.54, 1.807) is 31.4 Å². The van der Waals surface area contributed by atoms with E-state index < -0.39 is 5.82 Å². The van der Waals surface area contributed by atoms with Crippen LogP contribution in [0.15, 0.2) is 40.9 Å². The molecule has 5 heteroatoms. The Kier molecular flexibility index (Phi) is 4.09. The minimum Gasteiger partial charge on any atom is -0.497 e. The number of rotatable bonds is 3. The fourth-order valence-corrected chi connectivity index (χ4v) is 1.86. The van der Waals surface area contributed by atoms with Gasteiger partial charge in [-0.1, -0.05) is 11.6 Å². The highest BCUT2D eigenvalue weighted by Gasteiger charge is 2.08. The molecule has 0 aliphatic carbocycles. The number of benzene rings is 2. The van der Waals surface area contributed by atoms with Gasteiger partial charge >= 0.3 is 0 Å². The molecule has 0 N–H and O–H groups in total. The molecule has 0 spiro atoms. The Bertz CT molecular complexity index is 558. The van der Waals surface area contributed by atoms with Gasteiger partial charge in [0.15, 0.2) is 0 Å². The Morgan fingerprint density at radius 2 is 1.72 bits per heavy atom. The van der Waals surface area contributed by atoms with Crippen LogP contribution in [0.1, 0.15) is 0 Å². The lowest BCUT2D eigenvalue weighted by atomic mass is 10.3. The third-order valence-electron chi connectivity index (χ3n) is 2.26. The maximum absolute atomic E-state index is 13.2. The molecule has 0 unspecified atom stereocenters. The predicted octanol–water partition coefficient (Wildman–Crippen LogP) is 5.04. The van der Waals surface area contributed by atoms with E-state index in [1.807, 2.05) is 0 Å². The molecule has 2 rings (SSSR count). The molecule has 0 atom stereocenters. The van der Waals surface area contributed by atoms with Crippen LogP contribution in [0, 0.1) is 5.82 Å². The summed E-state index contributed by atoms with van der Waals surface area (Å²) in [5.41, 5.74) is 0. The minimum atomic E-state index is -0.429. The van der Waals surface area contributed by atoms with E-state index >= 15 is 0 Å². The zero-order valence-corrected chi connectivity index (χ0v) is 11.8. The molecule has 0 saturated carbocycles. The molecule has 0 amide bonds. The van der Waals surface area contributed by atoms with E-state index in [-0.39, 0.29) is 5.02 Å². The summed E-state index contributed by atoms with van der Waals surface area (Å²) in [6.07, 6.45) is 0. The Morgan fingerprint density at radius 1 is 1.11 bits per heavy atom. The minimum absolute atomic E-state index is 0.214. The van der Waals surface area contributed by atoms with Crippen molar-refractivity contribution >= 4 is 27.5 Å². The standard InChI is InChI=1S/C13H9BrClFO2/c1-17-8-2-4-9(5-3-8)18-13-6-10(14)12(16)7-11(13)15/h2-7H,1H3. The highest BCUT2D eigenvalue weighted by molar-refractivity contribution is 9.10. The molecule has 0 aliphatic heterocycles. The predicted molar refractivity (Wildman–Crippen MR) is 72.2 cm³/mol. The molecule has 2 nitrogen and oxygen atoms in total. The average molecular weight is 332 g/mol. The maximum Gasteiger partial charge on any atom is 0.147 e. The summed E-state index contributed by atoms with van der Waals surface area (Å²) < 4.78 is 24.1. The van der Waals surface area contributed by atoms with Gasteiger partial charge < -0.3 is 9.47 Å². The number of methoxy groups -OCH3 is 1. The lowest BCUT2D eigenvalue weighted by Gasteiger charge is -2.09. The van der Waals surface area contributed by atoms with Crippen molar-refractivity contribution in [3.05, 3.63) is 51.7 Å². The SMILES string of the molecule is COc1ccc(Oc2cc(Br)c(F)cc2Cl)cc1. The first-order valence-electron chi connectivity index (χ1n) is 5.06. The van der Waals surface area contributed by atoms with Crippen molar-refractivity contribution in [2.24, 2.45) is 0 Å². The molecule has 0 radical (unpaired) electrons. The molecule has 0 saturated heterocycles. The summed E-state index contributed by atoms with van der Waals surface area (Å²) in [6, 6.07) is 9.70. The first-order valence-corrected chi connectivity index (χ1v) is 6.23. The van der Waals surface area contributed by atoms with Gasteiger partial charge in [-0.05, 0) is 52.3 Å². The van der Waals surface area contributed by atoms with Crippen LogP contribution in [0.5, 0.6) is 17.2 Å². The zero-order valence-electron chi connectivity index (χ0n) is 9.41. The van der Waals surface area contributed by atoms with E-state index in [4.69, 9.17) is 21.1 Å². The molecular weight excluding hydrogens is 322 g/mol. The van der Waals surface area contributed by atoms with E-state index in [2.05, 4.69) is 15.9 Å². The summed E-state index contributed by atoms with van der Waals surface area (Å²) in [5, 5.41) is 0.214. The van der Waals surface area contributed by atoms with Gasteiger partial charge in [0.1, 0.15) is 23.1 Å². The van der Waals surface area contributed by atoms with Crippen LogP contribution in [-0.2, 0) is 0 Å². The van der Waals surface area contributed by atoms with Gasteiger partial charge in [0.05, 0.1) is 16.6 Å². The number of hydrogen-bond acceptors (Lipinski definition) is 2. The quantitative estimate of drug-likeness (QED) is 0.733. The van der Waals surface area contributed by atoms with Crippen LogP contribution in [0.3, 0.4) is 0 Å². The van der Waals surface area contributed by atoms with Gasteiger partial charge in [0.2, 0.25) is 0 Å². The molecule has 0 bridgehead atoms. The Hall–Kier alpha value is -1.26. The molecular formula is C13H9BrClFO2. The van der Waals surface area contributed by atoms with Gasteiger partial charge in [-0.2, -0.15) is 0 Å². The van der Waals surface area contributed by atoms with Gasteiger partial charge in [0.25, 0.3) is 0 Å². The Labute approximate surface area is 117 Å². The van der Waals surface area contributed by atoms with E-state index in [0.717, 1.165) is 5.75 Å². The smallest absolute Gasteiger partial charge is 0.147 e. The highest BCUT2D eigenvalue weighted by Crippen LogP contribution is 2.34. The third-order valence-corrected chi connectivity index (χ3v) is 3.17. The van der Waals surface area contributed by atoms with Crippen molar-refractivity contribution in [2.75, 3.05) is 7.11 Å². The molecule has 2 aromatic rings. The average Bonchev–Trinajstić information content (AvgIpc) is 2.37. The Morgan fingerprint density at radius 3 is 2.33 bits per heavy atom. The second kappa shape index (κ2) is 5.59. The summed E-state index contributed by atoms with van der Waals surface area (Å²) in [5.74, 6) is 1.28. The van der Waals surface area contributed by atoms with E-state index in [0.29, 0.717) is 16.0 Å². The molecule has 18 heavy (non-hydrogen) atoms. The maximum atomic E-state index is 13.2. The van der Waals surface area contributed by atoms with Crippen molar-refractivity contribution in [3.63, 3.8) is 0 Å². The fourth-order valence-electron chi connectivity index (χ4n) is 1.35. The van der Waals surface area contributed by atoms with E-state index in [9.17, 15) is 4.39 Å². The summed E-state index contributed by atoms with van der Waals surface area (Å²) >= 11 is 8.98. The normalized spacial score (nSPS) is 10.2. The van der Waals surface area contributed by atoms with Gasteiger partial charge in [-0.15, -0.1) is 0 Å². The number of halogens is 3. The van der Waals surface area contributed by atoms with Crippen molar-refractivity contribution in [2.45, 2.75) is 0 Å². The van der Waals surface area contributed by atoms with Crippen LogP contribution in [0.2, 0.25) is 5.02 Å². The van der Waals surface area contributed by atoms with Crippen molar-refractivity contribution in [1.82, 2.24) is 0 Å². The van der Waals surface area contributed by atoms with Crippen LogP contribution >= 0.6 is 27.5 Å². The van der Waals surface area contributed by atoms with Crippen molar-refractivity contribution in [3.8, 4) is 17.2 Å². The second-order valence-electron chi connectivity index (χ2n) is 3.47. The largest absolute Gasteiger partial charge is 0.497 e. The monoisotopic (exact) mass is 330 g/mol. The van der Waals surface area contributed by atoms with Crippen LogP contribution in [0.4, 0.5) is 4.39 Å². The summed E-state index contributed by atoms with van der Waals surface area (Å²) in [7, 11) is 1.59. The zero-order chi connectivity index (χ0) is 13.1. The molecule has 0 heterocycles. The molecule has 94 valence electrons. The van der Waals surface area contributed by atoms with Crippen LogP contribution in [-0.4, -0.2) is 7.11 Å². The number of hydrogen-bond donors (Lipinski definition) is 0. The number of ether oxygens (including phenoxy) is 2. The second-order valence-corrected chi connectivity index (χ2v) is 4.74. The molecule has 2 aromatic carbocycles. The lowest BCUT2D eigenvalue weighted by Crippen LogP contribution is -1.88. The Balaban J connectivity index is 2.25. The molecule has 0 fully saturated rings. The van der Waals surface area contributed by atoms with Crippen molar-refractivity contribution in [1.29, 1.82) is 0 Å². The highest BCUT2D eigenvalue weighted by atomic mass is 79.9.